The first-order valence-electron chi connectivity index (χ1n) is 4.77. The van der Waals surface area contributed by atoms with Crippen molar-refractivity contribution >= 4 is 5.97 Å². The van der Waals surface area contributed by atoms with Crippen molar-refractivity contribution in [1.82, 2.24) is 0 Å². The fraction of sp³-hybridized carbons (Fsp3) is 0.700. The Morgan fingerprint density at radius 2 is 2.20 bits per heavy atom. The summed E-state index contributed by atoms with van der Waals surface area (Å²) in [6, 6.07) is 0. The molecule has 0 aromatic heterocycles. The monoisotopic (exact) mass is 222 g/mol. The molecule has 0 aromatic rings. The zero-order chi connectivity index (χ0) is 11.5. The van der Waals surface area contributed by atoms with E-state index in [4.69, 9.17) is 0 Å². The molecule has 1 aliphatic rings. The van der Waals surface area contributed by atoms with Gasteiger partial charge in [-0.15, -0.1) is 0 Å². The highest BCUT2D eigenvalue weighted by molar-refractivity contribution is 5.82. The summed E-state index contributed by atoms with van der Waals surface area (Å²) in [7, 11) is 1.21. The van der Waals surface area contributed by atoms with Crippen LogP contribution >= 0.6 is 0 Å². The average molecular weight is 222 g/mol. The topological polar surface area (TPSA) is 26.3 Å². The number of carbonyl (C=O) groups excluding carboxylic acids is 1. The molecule has 0 radical (unpaired) electrons. The molecule has 0 bridgehead atoms. The first kappa shape index (κ1) is 12.1. The molecule has 0 heterocycles. The van der Waals surface area contributed by atoms with Crippen LogP contribution in [0.3, 0.4) is 0 Å². The molecule has 1 unspecified atom stereocenters. The van der Waals surface area contributed by atoms with Crippen LogP contribution < -0.4 is 0 Å². The molecular weight excluding hydrogens is 209 g/mol. The lowest BCUT2D eigenvalue weighted by Crippen LogP contribution is -2.26. The molecule has 1 fully saturated rings. The molecule has 0 spiro atoms. The van der Waals surface area contributed by atoms with Gasteiger partial charge >= 0.3 is 12.1 Å². The van der Waals surface area contributed by atoms with Crippen molar-refractivity contribution < 1.29 is 22.7 Å². The second-order valence-electron chi connectivity index (χ2n) is 3.66. The third-order valence-corrected chi connectivity index (χ3v) is 2.55. The van der Waals surface area contributed by atoms with E-state index in [1.165, 1.54) is 13.2 Å². The number of halogens is 3. The van der Waals surface area contributed by atoms with Gasteiger partial charge in [-0.3, -0.25) is 0 Å². The lowest BCUT2D eigenvalue weighted by atomic mass is 9.85. The van der Waals surface area contributed by atoms with Crippen LogP contribution in [-0.4, -0.2) is 19.3 Å². The van der Waals surface area contributed by atoms with Gasteiger partial charge in [-0.2, -0.15) is 13.2 Å². The second-order valence-corrected chi connectivity index (χ2v) is 3.66. The first-order chi connectivity index (χ1) is 6.93. The minimum Gasteiger partial charge on any atom is -0.466 e. The molecule has 5 heteroatoms. The van der Waals surface area contributed by atoms with Crippen LogP contribution in [0.5, 0.6) is 0 Å². The van der Waals surface area contributed by atoms with Crippen molar-refractivity contribution in [2.75, 3.05) is 7.11 Å². The Labute approximate surface area is 86.1 Å². The summed E-state index contributed by atoms with van der Waals surface area (Å²) >= 11 is 0. The maximum Gasteiger partial charge on any atom is 0.392 e. The molecule has 0 saturated heterocycles. The number of hydrogen-bond donors (Lipinski definition) is 0. The van der Waals surface area contributed by atoms with Crippen molar-refractivity contribution in [3.63, 3.8) is 0 Å². The second kappa shape index (κ2) is 4.68. The van der Waals surface area contributed by atoms with Gasteiger partial charge in [0.25, 0.3) is 0 Å². The molecule has 0 aromatic carbocycles. The maximum absolute atomic E-state index is 12.4. The molecule has 1 rings (SSSR count). The highest BCUT2D eigenvalue weighted by atomic mass is 19.4. The van der Waals surface area contributed by atoms with Crippen LogP contribution in [0.2, 0.25) is 0 Å². The van der Waals surface area contributed by atoms with E-state index in [2.05, 4.69) is 4.74 Å². The van der Waals surface area contributed by atoms with Gasteiger partial charge in [0.05, 0.1) is 13.0 Å². The summed E-state index contributed by atoms with van der Waals surface area (Å²) in [5.41, 5.74) is 0.537. The van der Waals surface area contributed by atoms with Gasteiger partial charge in [0.1, 0.15) is 0 Å². The first-order valence-corrected chi connectivity index (χ1v) is 4.77. The molecule has 0 amide bonds. The van der Waals surface area contributed by atoms with Crippen molar-refractivity contribution in [2.24, 2.45) is 5.92 Å². The highest BCUT2D eigenvalue weighted by Gasteiger charge is 2.40. The quantitative estimate of drug-likeness (QED) is 0.503. The van der Waals surface area contributed by atoms with Gasteiger partial charge in [0.15, 0.2) is 0 Å². The van der Waals surface area contributed by atoms with Crippen LogP contribution in [0.25, 0.3) is 0 Å². The summed E-state index contributed by atoms with van der Waals surface area (Å²) in [4.78, 5) is 10.9. The van der Waals surface area contributed by atoms with Gasteiger partial charge in [-0.1, -0.05) is 5.57 Å². The number of rotatable bonds is 1. The summed E-state index contributed by atoms with van der Waals surface area (Å²) in [6.45, 7) is 0. The van der Waals surface area contributed by atoms with Crippen LogP contribution in [-0.2, 0) is 9.53 Å². The fourth-order valence-corrected chi connectivity index (χ4v) is 1.73. The van der Waals surface area contributed by atoms with Crippen molar-refractivity contribution in [3.8, 4) is 0 Å². The minimum absolute atomic E-state index is 0.0708. The van der Waals surface area contributed by atoms with E-state index in [1.54, 1.807) is 0 Å². The molecule has 1 aliphatic carbocycles. The van der Waals surface area contributed by atoms with E-state index in [0.29, 0.717) is 18.4 Å². The van der Waals surface area contributed by atoms with Crippen LogP contribution in [0.15, 0.2) is 11.6 Å². The van der Waals surface area contributed by atoms with E-state index in [-0.39, 0.29) is 12.8 Å². The Kier molecular flexibility index (Phi) is 3.77. The predicted molar refractivity (Wildman–Crippen MR) is 48.1 cm³/mol. The van der Waals surface area contributed by atoms with Gasteiger partial charge in [-0.25, -0.2) is 4.79 Å². The van der Waals surface area contributed by atoms with E-state index in [0.717, 1.165) is 0 Å². The number of methoxy groups -OCH3 is 1. The minimum atomic E-state index is -4.16. The van der Waals surface area contributed by atoms with E-state index >= 15 is 0 Å². The number of carbonyl (C=O) groups is 1. The van der Waals surface area contributed by atoms with E-state index in [9.17, 15) is 18.0 Å². The third-order valence-electron chi connectivity index (χ3n) is 2.55. The molecule has 86 valence electrons. The Balaban J connectivity index is 2.64. The number of ether oxygens (including phenoxy) is 1. The summed E-state index contributed by atoms with van der Waals surface area (Å²) in [6.07, 6.45) is -1.86. The van der Waals surface area contributed by atoms with Crippen molar-refractivity contribution in [3.05, 3.63) is 11.6 Å². The Hall–Kier alpha value is -1.00. The number of esters is 1. The lowest BCUT2D eigenvalue weighted by Gasteiger charge is -2.25. The Morgan fingerprint density at radius 1 is 1.53 bits per heavy atom. The van der Waals surface area contributed by atoms with Crippen molar-refractivity contribution in [1.29, 1.82) is 0 Å². The lowest BCUT2D eigenvalue weighted by molar-refractivity contribution is -0.178. The number of allylic oxidation sites excluding steroid dienone is 1. The third kappa shape index (κ3) is 3.57. The van der Waals surface area contributed by atoms with E-state index < -0.39 is 18.1 Å². The van der Waals surface area contributed by atoms with Gasteiger partial charge in [0, 0.05) is 6.08 Å². The molecular formula is C10H13F3O2. The molecule has 1 atom stereocenters. The fourth-order valence-electron chi connectivity index (χ4n) is 1.73. The zero-order valence-corrected chi connectivity index (χ0v) is 8.43. The standard InChI is InChI=1S/C10H13F3O2/c1-15-9(14)6-7-3-2-4-8(5-7)10(11,12)13/h6,8H,2-5H2,1H3/b7-6-. The summed E-state index contributed by atoms with van der Waals surface area (Å²) in [5, 5.41) is 0. The van der Waals surface area contributed by atoms with Crippen LogP contribution in [0, 0.1) is 5.92 Å². The predicted octanol–water partition coefficient (Wildman–Crippen LogP) is 2.84. The summed E-state index contributed by atoms with van der Waals surface area (Å²) < 4.78 is 41.5. The van der Waals surface area contributed by atoms with E-state index in [1.807, 2.05) is 0 Å². The maximum atomic E-state index is 12.4. The average Bonchev–Trinajstić information content (AvgIpc) is 2.17. The number of alkyl halides is 3. The zero-order valence-electron chi connectivity index (χ0n) is 8.43. The van der Waals surface area contributed by atoms with Gasteiger partial charge < -0.3 is 4.74 Å². The molecule has 2 nitrogen and oxygen atoms in total. The molecule has 15 heavy (non-hydrogen) atoms. The van der Waals surface area contributed by atoms with Gasteiger partial charge in [0.2, 0.25) is 0 Å². The van der Waals surface area contributed by atoms with Crippen LogP contribution in [0.1, 0.15) is 25.7 Å². The highest BCUT2D eigenvalue weighted by Crippen LogP contribution is 2.39. The normalized spacial score (nSPS) is 25.3. The SMILES string of the molecule is COC(=O)/C=C1/CCCC(C(F)(F)F)C1. The Morgan fingerprint density at radius 3 is 2.73 bits per heavy atom. The Bertz CT molecular complexity index is 268. The van der Waals surface area contributed by atoms with Crippen molar-refractivity contribution in [2.45, 2.75) is 31.9 Å². The molecule has 0 N–H and O–H groups in total. The van der Waals surface area contributed by atoms with Crippen LogP contribution in [0.4, 0.5) is 13.2 Å². The summed E-state index contributed by atoms with van der Waals surface area (Å²) in [5.74, 6) is -1.88. The molecule has 1 saturated carbocycles. The molecule has 0 aliphatic heterocycles. The number of hydrogen-bond acceptors (Lipinski definition) is 2. The largest absolute Gasteiger partial charge is 0.466 e. The smallest absolute Gasteiger partial charge is 0.392 e. The van der Waals surface area contributed by atoms with Gasteiger partial charge in [-0.05, 0) is 25.7 Å².